The predicted octanol–water partition coefficient (Wildman–Crippen LogP) is 4.39. The third-order valence-corrected chi connectivity index (χ3v) is 4.08. The molecule has 25 heavy (non-hydrogen) atoms. The van der Waals surface area contributed by atoms with Gasteiger partial charge in [0.05, 0.1) is 0 Å². The average molecular weight is 340 g/mol. The molecule has 0 atom stereocenters. The van der Waals surface area contributed by atoms with Gasteiger partial charge in [0.25, 0.3) is 5.91 Å². The van der Waals surface area contributed by atoms with Gasteiger partial charge in [-0.05, 0) is 35.6 Å². The maximum Gasteiger partial charge on any atom is 0.272 e. The Labute approximate surface area is 150 Å². The monoisotopic (exact) mass is 340 g/mol. The van der Waals surface area contributed by atoms with Crippen molar-refractivity contribution in [1.29, 1.82) is 0 Å². The summed E-state index contributed by atoms with van der Waals surface area (Å²) in [6.45, 7) is 9.39. The van der Waals surface area contributed by atoms with Gasteiger partial charge in [-0.2, -0.15) is 0 Å². The summed E-state index contributed by atoms with van der Waals surface area (Å²) in [7, 11) is 1.80. The molecule has 0 fully saturated rings. The van der Waals surface area contributed by atoms with Gasteiger partial charge >= 0.3 is 0 Å². The first-order valence-electron chi connectivity index (χ1n) is 8.77. The van der Waals surface area contributed by atoms with Crippen molar-refractivity contribution in [2.45, 2.75) is 46.0 Å². The number of unbranched alkanes of at least 4 members (excludes halogenated alkanes) is 1. The zero-order valence-corrected chi connectivity index (χ0v) is 15.8. The molecule has 1 aromatic heterocycles. The van der Waals surface area contributed by atoms with Crippen molar-refractivity contribution < 1.29 is 4.79 Å². The van der Waals surface area contributed by atoms with Gasteiger partial charge in [-0.3, -0.25) is 4.79 Å². The van der Waals surface area contributed by atoms with Gasteiger partial charge in [0.15, 0.2) is 0 Å². The molecule has 0 bridgehead atoms. The summed E-state index contributed by atoms with van der Waals surface area (Å²) < 4.78 is 0. The molecule has 5 nitrogen and oxygen atoms in total. The Bertz CT molecular complexity index is 704. The van der Waals surface area contributed by atoms with Crippen molar-refractivity contribution in [3.8, 4) is 0 Å². The van der Waals surface area contributed by atoms with Crippen LogP contribution in [0.4, 0.5) is 11.6 Å². The first kappa shape index (κ1) is 18.9. The van der Waals surface area contributed by atoms with Crippen molar-refractivity contribution in [3.05, 3.63) is 47.8 Å². The maximum atomic E-state index is 12.4. The molecule has 5 heteroatoms. The van der Waals surface area contributed by atoms with E-state index >= 15 is 0 Å². The molecule has 1 aromatic carbocycles. The number of carbonyl (C=O) groups is 1. The van der Waals surface area contributed by atoms with E-state index in [1.54, 1.807) is 24.2 Å². The van der Waals surface area contributed by atoms with Crippen LogP contribution in [0.2, 0.25) is 0 Å². The lowest BCUT2D eigenvalue weighted by molar-refractivity contribution is 0.0787. The van der Waals surface area contributed by atoms with Gasteiger partial charge in [0, 0.05) is 25.5 Å². The van der Waals surface area contributed by atoms with Gasteiger partial charge in [-0.25, -0.2) is 9.97 Å². The summed E-state index contributed by atoms with van der Waals surface area (Å²) in [5.41, 5.74) is 2.68. The number of hydrogen-bond acceptors (Lipinski definition) is 4. The van der Waals surface area contributed by atoms with Crippen LogP contribution in [0.25, 0.3) is 0 Å². The smallest absolute Gasteiger partial charge is 0.272 e. The Kier molecular flexibility index (Phi) is 6.12. The van der Waals surface area contributed by atoms with E-state index in [0.29, 0.717) is 11.6 Å². The van der Waals surface area contributed by atoms with E-state index < -0.39 is 0 Å². The third kappa shape index (κ3) is 5.28. The lowest BCUT2D eigenvalue weighted by Crippen LogP contribution is -2.28. The van der Waals surface area contributed by atoms with E-state index in [-0.39, 0.29) is 11.3 Å². The summed E-state index contributed by atoms with van der Waals surface area (Å²) >= 11 is 0. The van der Waals surface area contributed by atoms with Crippen LogP contribution in [0.15, 0.2) is 36.5 Å². The average Bonchev–Trinajstić information content (AvgIpc) is 2.59. The second-order valence-corrected chi connectivity index (χ2v) is 7.30. The Morgan fingerprint density at radius 1 is 1.16 bits per heavy atom. The Morgan fingerprint density at radius 2 is 1.84 bits per heavy atom. The Hall–Kier alpha value is -2.43. The normalized spacial score (nSPS) is 11.2. The van der Waals surface area contributed by atoms with E-state index in [1.165, 1.54) is 5.56 Å². The predicted molar refractivity (Wildman–Crippen MR) is 102 cm³/mol. The molecule has 1 heterocycles. The molecular formula is C20H28N4O. The summed E-state index contributed by atoms with van der Waals surface area (Å²) in [5.74, 6) is 0.347. The van der Waals surface area contributed by atoms with Crippen molar-refractivity contribution in [2.75, 3.05) is 18.9 Å². The molecule has 2 aromatic rings. The fourth-order valence-electron chi connectivity index (χ4n) is 2.41. The minimum absolute atomic E-state index is 0.0815. The van der Waals surface area contributed by atoms with Crippen LogP contribution in [-0.2, 0) is 5.41 Å². The van der Waals surface area contributed by atoms with Gasteiger partial charge in [0.1, 0.15) is 5.69 Å². The van der Waals surface area contributed by atoms with Crippen molar-refractivity contribution in [2.24, 2.45) is 0 Å². The Balaban J connectivity index is 2.10. The number of amides is 1. The second-order valence-electron chi connectivity index (χ2n) is 7.30. The van der Waals surface area contributed by atoms with E-state index in [1.807, 2.05) is 12.1 Å². The van der Waals surface area contributed by atoms with Crippen LogP contribution in [-0.4, -0.2) is 34.4 Å². The molecule has 2 rings (SSSR count). The molecule has 0 aliphatic carbocycles. The molecule has 1 N–H and O–H groups in total. The molecule has 0 unspecified atom stereocenters. The van der Waals surface area contributed by atoms with Crippen LogP contribution in [0.5, 0.6) is 0 Å². The van der Waals surface area contributed by atoms with Crippen molar-refractivity contribution >= 4 is 17.5 Å². The first-order chi connectivity index (χ1) is 11.8. The Morgan fingerprint density at radius 3 is 2.44 bits per heavy atom. The molecule has 134 valence electrons. The molecular weight excluding hydrogens is 312 g/mol. The molecule has 1 amide bonds. The van der Waals surface area contributed by atoms with Gasteiger partial charge in [0.2, 0.25) is 5.95 Å². The summed E-state index contributed by atoms with van der Waals surface area (Å²) in [6, 6.07) is 9.85. The van der Waals surface area contributed by atoms with Crippen LogP contribution in [0.3, 0.4) is 0 Å². The van der Waals surface area contributed by atoms with Crippen molar-refractivity contribution in [1.82, 2.24) is 14.9 Å². The minimum atomic E-state index is -0.0815. The number of benzene rings is 1. The fourth-order valence-corrected chi connectivity index (χ4v) is 2.41. The highest BCUT2D eigenvalue weighted by atomic mass is 16.2. The first-order valence-corrected chi connectivity index (χ1v) is 8.77. The number of nitrogens with zero attached hydrogens (tertiary/aromatic N) is 3. The van der Waals surface area contributed by atoms with Crippen LogP contribution in [0.1, 0.15) is 56.6 Å². The van der Waals surface area contributed by atoms with E-state index in [4.69, 9.17) is 0 Å². The molecule has 0 saturated carbocycles. The standard InChI is InChI=1S/C20H28N4O/c1-6-7-14-24(5)18(25)17-12-13-21-19(23-17)22-16-10-8-15(9-11-16)20(2,3)4/h8-13H,6-7,14H2,1-5H3,(H,21,22,23). The van der Waals surface area contributed by atoms with E-state index in [0.717, 1.165) is 25.1 Å². The molecule has 0 radical (unpaired) electrons. The summed E-state index contributed by atoms with van der Waals surface area (Å²) in [5, 5.41) is 3.17. The SMILES string of the molecule is CCCCN(C)C(=O)c1ccnc(Nc2ccc(C(C)(C)C)cc2)n1. The van der Waals surface area contributed by atoms with Gasteiger partial charge in [-0.15, -0.1) is 0 Å². The highest BCUT2D eigenvalue weighted by molar-refractivity contribution is 5.92. The number of hydrogen-bond donors (Lipinski definition) is 1. The zero-order chi connectivity index (χ0) is 18.4. The number of nitrogens with one attached hydrogen (secondary N) is 1. The highest BCUT2D eigenvalue weighted by Crippen LogP contribution is 2.24. The highest BCUT2D eigenvalue weighted by Gasteiger charge is 2.15. The minimum Gasteiger partial charge on any atom is -0.340 e. The quantitative estimate of drug-likeness (QED) is 0.847. The van der Waals surface area contributed by atoms with Gasteiger partial charge < -0.3 is 10.2 Å². The number of carbonyl (C=O) groups excluding carboxylic acids is 1. The topological polar surface area (TPSA) is 58.1 Å². The molecule has 0 saturated heterocycles. The molecule has 0 aliphatic heterocycles. The number of aromatic nitrogens is 2. The lowest BCUT2D eigenvalue weighted by atomic mass is 9.87. The van der Waals surface area contributed by atoms with Crippen LogP contribution >= 0.6 is 0 Å². The molecule has 0 aliphatic rings. The zero-order valence-electron chi connectivity index (χ0n) is 15.8. The third-order valence-electron chi connectivity index (χ3n) is 4.08. The van der Waals surface area contributed by atoms with Crippen LogP contribution in [0, 0.1) is 0 Å². The summed E-state index contributed by atoms with van der Waals surface area (Å²) in [6.07, 6.45) is 3.65. The van der Waals surface area contributed by atoms with E-state index in [2.05, 4.69) is 55.1 Å². The largest absolute Gasteiger partial charge is 0.340 e. The lowest BCUT2D eigenvalue weighted by Gasteiger charge is -2.19. The number of anilines is 2. The van der Waals surface area contributed by atoms with E-state index in [9.17, 15) is 4.79 Å². The second kappa shape index (κ2) is 8.10. The molecule has 0 spiro atoms. The number of rotatable bonds is 6. The van der Waals surface area contributed by atoms with Gasteiger partial charge in [-0.1, -0.05) is 46.2 Å². The van der Waals surface area contributed by atoms with Crippen LogP contribution < -0.4 is 5.32 Å². The summed E-state index contributed by atoms with van der Waals surface area (Å²) in [4.78, 5) is 22.7. The van der Waals surface area contributed by atoms with Crippen molar-refractivity contribution in [3.63, 3.8) is 0 Å². The maximum absolute atomic E-state index is 12.4. The fraction of sp³-hybridized carbons (Fsp3) is 0.450.